The highest BCUT2D eigenvalue weighted by atomic mass is 79.9. The Morgan fingerprint density at radius 1 is 1.41 bits per heavy atom. The number of hydrogen-bond donors (Lipinski definition) is 0. The molecule has 1 aromatic heterocycles. The lowest BCUT2D eigenvalue weighted by atomic mass is 10.2. The third kappa shape index (κ3) is 6.26. The van der Waals surface area contributed by atoms with E-state index in [0.717, 1.165) is 11.6 Å². The summed E-state index contributed by atoms with van der Waals surface area (Å²) in [4.78, 5) is 12.8. The molecule has 0 saturated carbocycles. The van der Waals surface area contributed by atoms with E-state index in [1.54, 1.807) is 16.7 Å². The van der Waals surface area contributed by atoms with Gasteiger partial charge in [-0.05, 0) is 54.3 Å². The molecular formula is C23H24BrF2NO2. The van der Waals surface area contributed by atoms with Crippen LogP contribution < -0.4 is 10.3 Å². The number of aromatic nitrogens is 1. The Hall–Kier alpha value is -2.47. The summed E-state index contributed by atoms with van der Waals surface area (Å²) in [6.07, 6.45) is 12.2. The molecule has 0 spiro atoms. The molecule has 1 aliphatic carbocycles. The predicted molar refractivity (Wildman–Crippen MR) is 117 cm³/mol. The van der Waals surface area contributed by atoms with Crippen molar-refractivity contribution in [2.45, 2.75) is 33.2 Å². The molecule has 0 saturated heterocycles. The summed E-state index contributed by atoms with van der Waals surface area (Å²) >= 11 is 3.30. The van der Waals surface area contributed by atoms with Crippen molar-refractivity contribution in [1.29, 1.82) is 0 Å². The van der Waals surface area contributed by atoms with Gasteiger partial charge in [0, 0.05) is 23.4 Å². The molecule has 1 aromatic rings. The van der Waals surface area contributed by atoms with Crippen molar-refractivity contribution in [3.63, 3.8) is 0 Å². The third-order valence-corrected chi connectivity index (χ3v) is 5.06. The van der Waals surface area contributed by atoms with E-state index in [2.05, 4.69) is 22.5 Å². The molecular weight excluding hydrogens is 440 g/mol. The smallest absolute Gasteiger partial charge is 0.269 e. The van der Waals surface area contributed by atoms with Gasteiger partial charge in [-0.1, -0.05) is 30.4 Å². The largest absolute Gasteiger partial charge is 0.488 e. The van der Waals surface area contributed by atoms with Crippen LogP contribution in [0.2, 0.25) is 0 Å². The van der Waals surface area contributed by atoms with Gasteiger partial charge < -0.3 is 9.30 Å². The minimum atomic E-state index is -0.656. The number of halogens is 3. The Bertz CT molecular complexity index is 981. The number of hydrogen-bond acceptors (Lipinski definition) is 2. The summed E-state index contributed by atoms with van der Waals surface area (Å²) in [5.74, 6) is -0.972. The van der Waals surface area contributed by atoms with Gasteiger partial charge in [0.05, 0.1) is 6.54 Å². The van der Waals surface area contributed by atoms with Crippen LogP contribution in [-0.4, -0.2) is 11.2 Å². The molecule has 29 heavy (non-hydrogen) atoms. The Labute approximate surface area is 178 Å². The summed E-state index contributed by atoms with van der Waals surface area (Å²) < 4.78 is 34.9. The monoisotopic (exact) mass is 463 g/mol. The SMILES string of the molecule is C=CC/C=C(\C=C/C)Cn1c(C)cc(OCC2=C(F)C=C(F)C=CC2)c(Br)c1=O. The fourth-order valence-electron chi connectivity index (χ4n) is 2.81. The Morgan fingerprint density at radius 2 is 2.17 bits per heavy atom. The molecule has 0 aliphatic heterocycles. The third-order valence-electron chi connectivity index (χ3n) is 4.33. The molecule has 0 fully saturated rings. The van der Waals surface area contributed by atoms with Crippen LogP contribution >= 0.6 is 15.9 Å². The van der Waals surface area contributed by atoms with Gasteiger partial charge in [0.15, 0.2) is 0 Å². The number of nitrogens with zero attached hydrogens (tertiary/aromatic N) is 1. The number of rotatable bonds is 8. The highest BCUT2D eigenvalue weighted by Gasteiger charge is 2.15. The molecule has 3 nitrogen and oxygen atoms in total. The molecule has 6 heteroatoms. The zero-order valence-electron chi connectivity index (χ0n) is 16.6. The molecule has 1 aliphatic rings. The summed E-state index contributed by atoms with van der Waals surface area (Å²) in [6, 6.07) is 1.73. The first-order chi connectivity index (χ1) is 13.9. The van der Waals surface area contributed by atoms with Crippen molar-refractivity contribution < 1.29 is 13.5 Å². The second kappa shape index (κ2) is 10.9. The Balaban J connectivity index is 2.27. The fourth-order valence-corrected chi connectivity index (χ4v) is 3.25. The van der Waals surface area contributed by atoms with E-state index >= 15 is 0 Å². The highest BCUT2D eigenvalue weighted by Crippen LogP contribution is 2.26. The topological polar surface area (TPSA) is 31.2 Å². The van der Waals surface area contributed by atoms with Crippen molar-refractivity contribution >= 4 is 15.9 Å². The van der Waals surface area contributed by atoms with Crippen molar-refractivity contribution in [3.05, 3.63) is 98.5 Å². The number of aryl methyl sites for hydroxylation is 1. The van der Waals surface area contributed by atoms with Crippen LogP contribution in [0.25, 0.3) is 0 Å². The maximum atomic E-state index is 14.0. The first-order valence-electron chi connectivity index (χ1n) is 9.24. The van der Waals surface area contributed by atoms with Gasteiger partial charge in [-0.2, -0.15) is 0 Å². The number of ether oxygens (including phenoxy) is 1. The van der Waals surface area contributed by atoms with Gasteiger partial charge >= 0.3 is 0 Å². The maximum Gasteiger partial charge on any atom is 0.269 e. The molecule has 0 unspecified atom stereocenters. The van der Waals surface area contributed by atoms with E-state index in [0.29, 0.717) is 30.0 Å². The summed E-state index contributed by atoms with van der Waals surface area (Å²) in [5.41, 5.74) is 1.77. The average Bonchev–Trinajstić information content (AvgIpc) is 2.84. The van der Waals surface area contributed by atoms with Crippen LogP contribution in [0.4, 0.5) is 8.78 Å². The molecule has 0 amide bonds. The van der Waals surface area contributed by atoms with Gasteiger partial charge in [0.25, 0.3) is 5.56 Å². The van der Waals surface area contributed by atoms with Gasteiger partial charge in [0.2, 0.25) is 0 Å². The van der Waals surface area contributed by atoms with Crippen LogP contribution in [0.5, 0.6) is 5.75 Å². The minimum Gasteiger partial charge on any atom is -0.488 e. The van der Waals surface area contributed by atoms with E-state index < -0.39 is 11.7 Å². The molecule has 2 rings (SSSR count). The van der Waals surface area contributed by atoms with Crippen LogP contribution in [-0.2, 0) is 6.54 Å². The van der Waals surface area contributed by atoms with E-state index in [-0.39, 0.29) is 23.1 Å². The van der Waals surface area contributed by atoms with E-state index in [1.165, 1.54) is 12.2 Å². The Morgan fingerprint density at radius 3 is 2.86 bits per heavy atom. The van der Waals surface area contributed by atoms with E-state index in [1.807, 2.05) is 32.1 Å². The molecule has 0 bridgehead atoms. The van der Waals surface area contributed by atoms with Crippen LogP contribution in [0.1, 0.15) is 25.5 Å². The normalized spacial score (nSPS) is 14.9. The van der Waals surface area contributed by atoms with Crippen molar-refractivity contribution in [2.75, 3.05) is 6.61 Å². The first-order valence-corrected chi connectivity index (χ1v) is 10.0. The van der Waals surface area contributed by atoms with Gasteiger partial charge in [-0.25, -0.2) is 8.78 Å². The molecule has 154 valence electrons. The zero-order valence-corrected chi connectivity index (χ0v) is 18.1. The average molecular weight is 464 g/mol. The molecule has 0 radical (unpaired) electrons. The van der Waals surface area contributed by atoms with Crippen LogP contribution in [0.15, 0.2) is 87.2 Å². The second-order valence-corrected chi connectivity index (χ2v) is 7.33. The number of allylic oxidation sites excluding steroid dienone is 10. The lowest BCUT2D eigenvalue weighted by molar-refractivity contribution is 0.341. The second-order valence-electron chi connectivity index (χ2n) is 6.53. The van der Waals surface area contributed by atoms with Crippen LogP contribution in [0.3, 0.4) is 0 Å². The van der Waals surface area contributed by atoms with Gasteiger partial charge in [-0.3, -0.25) is 4.79 Å². The summed E-state index contributed by atoms with van der Waals surface area (Å²) in [5, 5.41) is 0. The van der Waals surface area contributed by atoms with Crippen molar-refractivity contribution in [3.8, 4) is 5.75 Å². The lowest BCUT2D eigenvalue weighted by Gasteiger charge is -2.16. The quantitative estimate of drug-likeness (QED) is 0.329. The highest BCUT2D eigenvalue weighted by molar-refractivity contribution is 9.10. The molecule has 0 atom stereocenters. The molecule has 1 heterocycles. The van der Waals surface area contributed by atoms with E-state index in [4.69, 9.17) is 4.74 Å². The Kier molecular flexibility index (Phi) is 8.58. The number of pyridine rings is 1. The van der Waals surface area contributed by atoms with Crippen molar-refractivity contribution in [1.82, 2.24) is 4.57 Å². The summed E-state index contributed by atoms with van der Waals surface area (Å²) in [6.45, 7) is 7.78. The standard InChI is InChI=1S/C23H24BrF2NO2/c1-4-6-9-17(8-5-2)14-27-16(3)12-21(22(24)23(27)28)29-15-18-10-7-11-19(25)13-20(18)26/h4-5,7-9,11-13H,1,6,10,14-15H2,2-3H3/b8-5-,17-9+. The summed E-state index contributed by atoms with van der Waals surface area (Å²) in [7, 11) is 0. The molecule has 0 aromatic carbocycles. The fraction of sp³-hybridized carbons (Fsp3) is 0.261. The van der Waals surface area contributed by atoms with Crippen molar-refractivity contribution in [2.24, 2.45) is 0 Å². The van der Waals surface area contributed by atoms with Gasteiger partial charge in [-0.15, -0.1) is 6.58 Å². The van der Waals surface area contributed by atoms with Gasteiger partial charge in [0.1, 0.15) is 28.5 Å². The van der Waals surface area contributed by atoms with E-state index in [9.17, 15) is 13.6 Å². The lowest BCUT2D eigenvalue weighted by Crippen LogP contribution is -2.24. The minimum absolute atomic E-state index is 0.0789. The molecule has 0 N–H and O–H groups in total. The zero-order chi connectivity index (χ0) is 21.4. The first kappa shape index (κ1) is 22.8. The maximum absolute atomic E-state index is 14.0. The van der Waals surface area contributed by atoms with Crippen LogP contribution in [0, 0.1) is 6.92 Å². The predicted octanol–water partition coefficient (Wildman–Crippen LogP) is 6.41.